The van der Waals surface area contributed by atoms with Crippen molar-refractivity contribution in [2.75, 3.05) is 14.2 Å². The van der Waals surface area contributed by atoms with Crippen LogP contribution in [-0.4, -0.2) is 25.9 Å². The highest BCUT2D eigenvalue weighted by molar-refractivity contribution is 7.54. The Kier molecular flexibility index (Phi) is 6.11. The van der Waals surface area contributed by atoms with E-state index in [2.05, 4.69) is 5.32 Å². The van der Waals surface area contributed by atoms with Gasteiger partial charge in [-0.15, -0.1) is 0 Å². The Morgan fingerprint density at radius 3 is 2.04 bits per heavy atom. The maximum atomic E-state index is 12.8. The topological polar surface area (TPSA) is 64.6 Å². The van der Waals surface area contributed by atoms with Gasteiger partial charge >= 0.3 is 7.60 Å². The molecule has 0 spiro atoms. The molecule has 0 aliphatic heterocycles. The third kappa shape index (κ3) is 4.52. The highest BCUT2D eigenvalue weighted by Gasteiger charge is 2.35. The predicted molar refractivity (Wildman–Crippen MR) is 89.5 cm³/mol. The predicted octanol–water partition coefficient (Wildman–Crippen LogP) is 3.47. The van der Waals surface area contributed by atoms with E-state index in [4.69, 9.17) is 9.05 Å². The van der Waals surface area contributed by atoms with Crippen LogP contribution in [-0.2, 0) is 20.0 Å². The summed E-state index contributed by atoms with van der Waals surface area (Å²) in [7, 11) is -0.830. The summed E-state index contributed by atoms with van der Waals surface area (Å²) in [6.45, 7) is 0. The van der Waals surface area contributed by atoms with Crippen LogP contribution in [0.2, 0.25) is 0 Å². The van der Waals surface area contributed by atoms with E-state index in [1.807, 2.05) is 36.4 Å². The van der Waals surface area contributed by atoms with Crippen LogP contribution in [0.1, 0.15) is 15.9 Å². The average Bonchev–Trinajstić information content (AvgIpc) is 2.62. The Labute approximate surface area is 136 Å². The summed E-state index contributed by atoms with van der Waals surface area (Å²) in [6, 6.07) is 18.2. The monoisotopic (exact) mass is 333 g/mol. The fourth-order valence-electron chi connectivity index (χ4n) is 2.23. The molecule has 2 aromatic carbocycles. The van der Waals surface area contributed by atoms with E-state index < -0.39 is 13.4 Å². The summed E-state index contributed by atoms with van der Waals surface area (Å²) in [5.74, 6) is -1.09. The van der Waals surface area contributed by atoms with Gasteiger partial charge in [0.2, 0.25) is 0 Å². The van der Waals surface area contributed by atoms with Gasteiger partial charge in [-0.05, 0) is 17.7 Å². The molecule has 0 saturated heterocycles. The molecule has 0 aliphatic rings. The van der Waals surface area contributed by atoms with Gasteiger partial charge < -0.3 is 14.4 Å². The van der Waals surface area contributed by atoms with Crippen LogP contribution < -0.4 is 5.32 Å². The second-order valence-electron chi connectivity index (χ2n) is 4.95. The molecule has 1 N–H and O–H groups in total. The van der Waals surface area contributed by atoms with E-state index in [1.54, 1.807) is 24.3 Å². The highest BCUT2D eigenvalue weighted by Crippen LogP contribution is 2.51. The van der Waals surface area contributed by atoms with Gasteiger partial charge in [0.15, 0.2) is 0 Å². The van der Waals surface area contributed by atoms with E-state index in [9.17, 15) is 9.36 Å². The summed E-state index contributed by atoms with van der Waals surface area (Å²) in [6.07, 6.45) is 0.346. The molecule has 0 unspecified atom stereocenters. The molecular weight excluding hydrogens is 313 g/mol. The largest absolute Gasteiger partial charge is 0.352 e. The van der Waals surface area contributed by atoms with Crippen molar-refractivity contribution in [2.24, 2.45) is 0 Å². The number of carbonyl (C=O) groups is 1. The quantitative estimate of drug-likeness (QED) is 0.788. The van der Waals surface area contributed by atoms with Gasteiger partial charge in [0.25, 0.3) is 5.91 Å². The van der Waals surface area contributed by atoms with Gasteiger partial charge in [0, 0.05) is 26.2 Å². The summed E-state index contributed by atoms with van der Waals surface area (Å²) >= 11 is 0. The maximum Gasteiger partial charge on any atom is 0.352 e. The molecular formula is C17H20NO4P. The van der Waals surface area contributed by atoms with Crippen LogP contribution >= 0.6 is 7.60 Å². The summed E-state index contributed by atoms with van der Waals surface area (Å²) in [5, 5.41) is 2.77. The van der Waals surface area contributed by atoms with Crippen molar-refractivity contribution >= 4 is 13.5 Å². The zero-order valence-electron chi connectivity index (χ0n) is 13.1. The zero-order valence-corrected chi connectivity index (χ0v) is 14.0. The molecule has 0 fully saturated rings. The minimum Gasteiger partial charge on any atom is -0.338 e. The van der Waals surface area contributed by atoms with Gasteiger partial charge in [-0.1, -0.05) is 48.5 Å². The summed E-state index contributed by atoms with van der Waals surface area (Å²) in [5.41, 5.74) is 1.42. The second kappa shape index (κ2) is 8.06. The lowest BCUT2D eigenvalue weighted by Gasteiger charge is -2.25. The fraction of sp³-hybridized carbons (Fsp3) is 0.235. The molecule has 0 radical (unpaired) electrons. The Morgan fingerprint density at radius 1 is 1.00 bits per heavy atom. The van der Waals surface area contributed by atoms with Crippen LogP contribution in [0.5, 0.6) is 0 Å². The smallest absolute Gasteiger partial charge is 0.338 e. The second-order valence-corrected chi connectivity index (χ2v) is 7.38. The molecule has 1 amide bonds. The normalized spacial score (nSPS) is 12.6. The zero-order chi connectivity index (χ0) is 16.7. The van der Waals surface area contributed by atoms with Crippen LogP contribution in [0.25, 0.3) is 0 Å². The molecule has 5 nitrogen and oxygen atoms in total. The van der Waals surface area contributed by atoms with Gasteiger partial charge in [0.05, 0.1) is 0 Å². The lowest BCUT2D eigenvalue weighted by atomic mass is 10.1. The van der Waals surface area contributed by atoms with Gasteiger partial charge in [-0.2, -0.15) is 0 Å². The van der Waals surface area contributed by atoms with Crippen LogP contribution in [0.3, 0.4) is 0 Å². The number of rotatable bonds is 7. The fourth-order valence-corrected chi connectivity index (χ4v) is 3.60. The maximum absolute atomic E-state index is 12.8. The van der Waals surface area contributed by atoms with E-state index in [0.29, 0.717) is 12.0 Å². The van der Waals surface area contributed by atoms with Crippen molar-refractivity contribution in [1.82, 2.24) is 5.32 Å². The van der Waals surface area contributed by atoms with Crippen molar-refractivity contribution in [2.45, 2.75) is 12.2 Å². The highest BCUT2D eigenvalue weighted by atomic mass is 31.2. The molecule has 0 heterocycles. The molecule has 0 bridgehead atoms. The molecule has 0 aromatic heterocycles. The molecule has 1 atom stereocenters. The van der Waals surface area contributed by atoms with Gasteiger partial charge in [0.1, 0.15) is 5.78 Å². The minimum atomic E-state index is -3.46. The minimum absolute atomic E-state index is 0.319. The number of carbonyl (C=O) groups excluding carboxylic acids is 1. The number of hydrogen-bond acceptors (Lipinski definition) is 4. The molecule has 6 heteroatoms. The summed E-state index contributed by atoms with van der Waals surface area (Å²) < 4.78 is 22.9. The molecule has 0 aliphatic carbocycles. The van der Waals surface area contributed by atoms with Crippen molar-refractivity contribution < 1.29 is 18.4 Å². The summed E-state index contributed by atoms with van der Waals surface area (Å²) in [4.78, 5) is 12.4. The number of nitrogens with one attached hydrogen (secondary N) is 1. The molecule has 2 aromatic rings. The van der Waals surface area contributed by atoms with Gasteiger partial charge in [-0.25, -0.2) is 0 Å². The number of hydrogen-bond donors (Lipinski definition) is 1. The van der Waals surface area contributed by atoms with Crippen molar-refractivity contribution in [3.63, 3.8) is 0 Å². The molecule has 23 heavy (non-hydrogen) atoms. The Balaban J connectivity index is 2.23. The third-order valence-corrected chi connectivity index (χ3v) is 5.59. The SMILES string of the molecule is COP(=O)(OC)[C@H](Cc1ccccc1)NC(=O)c1ccccc1. The number of amides is 1. The number of benzene rings is 2. The van der Waals surface area contributed by atoms with Crippen molar-refractivity contribution in [3.8, 4) is 0 Å². The van der Waals surface area contributed by atoms with Crippen molar-refractivity contribution in [3.05, 3.63) is 71.8 Å². The first kappa shape index (κ1) is 17.4. The van der Waals surface area contributed by atoms with E-state index >= 15 is 0 Å². The van der Waals surface area contributed by atoms with Gasteiger partial charge in [-0.3, -0.25) is 9.36 Å². The Morgan fingerprint density at radius 2 is 1.52 bits per heavy atom. The van der Waals surface area contributed by atoms with E-state index in [1.165, 1.54) is 14.2 Å². The first-order valence-corrected chi connectivity index (χ1v) is 8.81. The average molecular weight is 333 g/mol. The van der Waals surface area contributed by atoms with E-state index in [0.717, 1.165) is 5.56 Å². The van der Waals surface area contributed by atoms with E-state index in [-0.39, 0.29) is 5.91 Å². The molecule has 122 valence electrons. The van der Waals surface area contributed by atoms with Crippen LogP contribution in [0, 0.1) is 0 Å². The van der Waals surface area contributed by atoms with Crippen LogP contribution in [0.15, 0.2) is 60.7 Å². The lowest BCUT2D eigenvalue weighted by molar-refractivity contribution is 0.0941. The third-order valence-electron chi connectivity index (χ3n) is 3.50. The first-order chi connectivity index (χ1) is 11.1. The Bertz CT molecular complexity index is 668. The molecule has 0 saturated carbocycles. The standard InChI is InChI=1S/C17H20NO4P/c1-21-23(20,22-2)16(13-14-9-5-3-6-10-14)18-17(19)15-11-7-4-8-12-15/h3-12,16H,13H2,1-2H3,(H,18,19)/t16-/m1/s1. The first-order valence-electron chi connectivity index (χ1n) is 7.20. The van der Waals surface area contributed by atoms with Crippen LogP contribution in [0.4, 0.5) is 0 Å². The van der Waals surface area contributed by atoms with Crippen molar-refractivity contribution in [1.29, 1.82) is 0 Å². The molecule has 2 rings (SSSR count). The Hall–Kier alpha value is -1.94. The lowest BCUT2D eigenvalue weighted by Crippen LogP contribution is -2.37.